The normalized spacial score (nSPS) is 13.2. The highest BCUT2D eigenvalue weighted by Crippen LogP contribution is 2.33. The predicted octanol–water partition coefficient (Wildman–Crippen LogP) is 4.54. The van der Waals surface area contributed by atoms with Crippen LogP contribution in [0.25, 0.3) is 0 Å². The Labute approximate surface area is 90.1 Å². The van der Waals surface area contributed by atoms with E-state index in [2.05, 4.69) is 13.8 Å². The van der Waals surface area contributed by atoms with Crippen molar-refractivity contribution in [1.82, 2.24) is 0 Å². The topological polar surface area (TPSA) is 0 Å². The van der Waals surface area contributed by atoms with Crippen LogP contribution < -0.4 is 0 Å². The summed E-state index contributed by atoms with van der Waals surface area (Å²) in [6.45, 7) is 4.26. The molecule has 78 valence electrons. The van der Waals surface area contributed by atoms with Crippen LogP contribution in [0.1, 0.15) is 37.6 Å². The van der Waals surface area contributed by atoms with Gasteiger partial charge in [0.05, 0.1) is 5.38 Å². The van der Waals surface area contributed by atoms with E-state index in [-0.39, 0.29) is 11.2 Å². The van der Waals surface area contributed by atoms with E-state index >= 15 is 0 Å². The summed E-state index contributed by atoms with van der Waals surface area (Å²) in [6, 6.07) is 6.47. The van der Waals surface area contributed by atoms with Crippen molar-refractivity contribution in [3.63, 3.8) is 0 Å². The average molecular weight is 215 g/mol. The molecule has 0 aliphatic heterocycles. The molecule has 0 spiro atoms. The molecule has 0 amide bonds. The summed E-state index contributed by atoms with van der Waals surface area (Å²) >= 11 is 6.30. The van der Waals surface area contributed by atoms with Gasteiger partial charge < -0.3 is 0 Å². The molecule has 1 rings (SSSR count). The second-order valence-electron chi connectivity index (χ2n) is 3.53. The quantitative estimate of drug-likeness (QED) is 0.646. The van der Waals surface area contributed by atoms with Crippen LogP contribution in [0.15, 0.2) is 24.3 Å². The van der Waals surface area contributed by atoms with Gasteiger partial charge in [0.15, 0.2) is 0 Å². The molecule has 0 nitrogen and oxygen atoms in total. The number of rotatable bonds is 4. The van der Waals surface area contributed by atoms with Gasteiger partial charge in [-0.2, -0.15) is 0 Å². The highest BCUT2D eigenvalue weighted by Gasteiger charge is 2.17. The van der Waals surface area contributed by atoms with Gasteiger partial charge in [-0.15, -0.1) is 11.6 Å². The molecule has 1 aromatic rings. The summed E-state index contributed by atoms with van der Waals surface area (Å²) in [7, 11) is 0. The first kappa shape index (κ1) is 11.5. The largest absolute Gasteiger partial charge is 0.207 e. The first-order valence-electron chi connectivity index (χ1n) is 5.08. The maximum atomic E-state index is 12.7. The van der Waals surface area contributed by atoms with Crippen LogP contribution in [-0.4, -0.2) is 0 Å². The van der Waals surface area contributed by atoms with Gasteiger partial charge in [-0.25, -0.2) is 4.39 Å². The molecule has 0 aromatic heterocycles. The average Bonchev–Trinajstić information content (AvgIpc) is 2.20. The van der Waals surface area contributed by atoms with Gasteiger partial charge in [0.25, 0.3) is 0 Å². The van der Waals surface area contributed by atoms with Gasteiger partial charge in [0.2, 0.25) is 0 Å². The Bertz CT molecular complexity index is 264. The SMILES string of the molecule is CCC(CC)C(Cl)c1ccc(F)cc1. The lowest BCUT2D eigenvalue weighted by Gasteiger charge is -2.19. The van der Waals surface area contributed by atoms with Gasteiger partial charge in [-0.05, 0) is 23.6 Å². The van der Waals surface area contributed by atoms with Gasteiger partial charge in [-0.1, -0.05) is 38.8 Å². The first-order chi connectivity index (χ1) is 6.69. The Morgan fingerprint density at radius 2 is 1.64 bits per heavy atom. The van der Waals surface area contributed by atoms with E-state index in [4.69, 9.17) is 11.6 Å². The minimum atomic E-state index is -0.206. The fourth-order valence-electron chi connectivity index (χ4n) is 1.62. The molecule has 0 fully saturated rings. The lowest BCUT2D eigenvalue weighted by molar-refractivity contribution is 0.475. The molecule has 0 heterocycles. The van der Waals surface area contributed by atoms with Gasteiger partial charge >= 0.3 is 0 Å². The number of benzene rings is 1. The van der Waals surface area contributed by atoms with Crippen LogP contribution in [0.2, 0.25) is 0 Å². The van der Waals surface area contributed by atoms with E-state index in [0.717, 1.165) is 18.4 Å². The smallest absolute Gasteiger partial charge is 0.123 e. The van der Waals surface area contributed by atoms with Crippen molar-refractivity contribution >= 4 is 11.6 Å². The summed E-state index contributed by atoms with van der Waals surface area (Å²) in [5.74, 6) is 0.268. The summed E-state index contributed by atoms with van der Waals surface area (Å²) in [5, 5.41) is 0.00519. The third-order valence-electron chi connectivity index (χ3n) is 2.65. The molecule has 1 unspecified atom stereocenters. The summed E-state index contributed by atoms with van der Waals surface area (Å²) < 4.78 is 12.7. The first-order valence-corrected chi connectivity index (χ1v) is 5.52. The van der Waals surface area contributed by atoms with Crippen LogP contribution in [0.5, 0.6) is 0 Å². The Morgan fingerprint density at radius 1 is 1.14 bits per heavy atom. The zero-order valence-electron chi connectivity index (χ0n) is 8.63. The fraction of sp³-hybridized carbons (Fsp3) is 0.500. The minimum Gasteiger partial charge on any atom is -0.207 e. The van der Waals surface area contributed by atoms with E-state index in [1.807, 2.05) is 0 Å². The molecular formula is C12H16ClF. The fourth-order valence-corrected chi connectivity index (χ4v) is 2.12. The third-order valence-corrected chi connectivity index (χ3v) is 3.26. The van der Waals surface area contributed by atoms with E-state index < -0.39 is 0 Å². The monoisotopic (exact) mass is 214 g/mol. The second kappa shape index (κ2) is 5.35. The highest BCUT2D eigenvalue weighted by atomic mass is 35.5. The maximum absolute atomic E-state index is 12.7. The molecule has 0 N–H and O–H groups in total. The van der Waals surface area contributed by atoms with Crippen molar-refractivity contribution in [2.45, 2.75) is 32.1 Å². The molecule has 0 saturated carbocycles. The van der Waals surface area contributed by atoms with Crippen molar-refractivity contribution in [2.24, 2.45) is 5.92 Å². The zero-order valence-corrected chi connectivity index (χ0v) is 9.39. The van der Waals surface area contributed by atoms with Gasteiger partial charge in [0, 0.05) is 0 Å². The number of hydrogen-bond donors (Lipinski definition) is 0. The summed E-state index contributed by atoms with van der Waals surface area (Å²) in [5.41, 5.74) is 1.02. The lowest BCUT2D eigenvalue weighted by Crippen LogP contribution is -2.05. The molecule has 1 aromatic carbocycles. The second-order valence-corrected chi connectivity index (χ2v) is 4.00. The van der Waals surface area contributed by atoms with E-state index in [0.29, 0.717) is 5.92 Å². The zero-order chi connectivity index (χ0) is 10.6. The number of halogens is 2. The van der Waals surface area contributed by atoms with Crippen molar-refractivity contribution in [3.8, 4) is 0 Å². The molecule has 0 saturated heterocycles. The number of hydrogen-bond acceptors (Lipinski definition) is 0. The molecule has 2 heteroatoms. The third kappa shape index (κ3) is 2.71. The molecule has 0 bridgehead atoms. The Balaban J connectivity index is 2.77. The van der Waals surface area contributed by atoms with Crippen molar-refractivity contribution < 1.29 is 4.39 Å². The van der Waals surface area contributed by atoms with Gasteiger partial charge in [0.1, 0.15) is 5.82 Å². The minimum absolute atomic E-state index is 0.00519. The van der Waals surface area contributed by atoms with Crippen LogP contribution in [0.3, 0.4) is 0 Å². The van der Waals surface area contributed by atoms with Crippen molar-refractivity contribution in [3.05, 3.63) is 35.6 Å². The highest BCUT2D eigenvalue weighted by molar-refractivity contribution is 6.21. The van der Waals surface area contributed by atoms with Gasteiger partial charge in [-0.3, -0.25) is 0 Å². The lowest BCUT2D eigenvalue weighted by atomic mass is 9.94. The molecule has 0 radical (unpaired) electrons. The van der Waals surface area contributed by atoms with Crippen LogP contribution in [-0.2, 0) is 0 Å². The standard InChI is InChI=1S/C12H16ClF/c1-3-9(4-2)12(13)10-5-7-11(14)8-6-10/h5-9,12H,3-4H2,1-2H3. The van der Waals surface area contributed by atoms with Crippen molar-refractivity contribution in [1.29, 1.82) is 0 Å². The Hall–Kier alpha value is -0.560. The van der Waals surface area contributed by atoms with E-state index in [9.17, 15) is 4.39 Å². The summed E-state index contributed by atoms with van der Waals surface area (Å²) in [4.78, 5) is 0. The van der Waals surface area contributed by atoms with E-state index in [1.165, 1.54) is 12.1 Å². The molecule has 1 atom stereocenters. The molecule has 14 heavy (non-hydrogen) atoms. The molecular weight excluding hydrogens is 199 g/mol. The van der Waals surface area contributed by atoms with Crippen LogP contribution >= 0.6 is 11.6 Å². The Morgan fingerprint density at radius 3 is 2.07 bits per heavy atom. The van der Waals surface area contributed by atoms with Crippen LogP contribution in [0.4, 0.5) is 4.39 Å². The van der Waals surface area contributed by atoms with Crippen LogP contribution in [0, 0.1) is 11.7 Å². The predicted molar refractivity (Wildman–Crippen MR) is 59.1 cm³/mol. The maximum Gasteiger partial charge on any atom is 0.123 e. The Kier molecular flexibility index (Phi) is 4.40. The molecule has 0 aliphatic rings. The van der Waals surface area contributed by atoms with E-state index in [1.54, 1.807) is 12.1 Å². The van der Waals surface area contributed by atoms with Crippen molar-refractivity contribution in [2.75, 3.05) is 0 Å². The molecule has 0 aliphatic carbocycles. The number of alkyl halides is 1. The summed E-state index contributed by atoms with van der Waals surface area (Å²) in [6.07, 6.45) is 2.12.